The van der Waals surface area contributed by atoms with Crippen molar-refractivity contribution < 1.29 is 22.7 Å². The van der Waals surface area contributed by atoms with Crippen LogP contribution in [0.3, 0.4) is 0 Å². The molecule has 1 aliphatic carbocycles. The average Bonchev–Trinajstić information content (AvgIpc) is 3.26. The molecule has 1 fully saturated rings. The molecule has 1 amide bonds. The highest BCUT2D eigenvalue weighted by Crippen LogP contribution is 2.39. The maximum atomic E-state index is 12.8. The molecule has 0 radical (unpaired) electrons. The molecule has 11 heteroatoms. The summed E-state index contributed by atoms with van der Waals surface area (Å²) >= 11 is 0. The molecule has 3 aromatic rings. The fourth-order valence-electron chi connectivity index (χ4n) is 4.40. The van der Waals surface area contributed by atoms with E-state index in [-0.39, 0.29) is 17.5 Å². The topological polar surface area (TPSA) is 106 Å². The van der Waals surface area contributed by atoms with Crippen molar-refractivity contribution in [2.75, 3.05) is 11.9 Å². The number of nitriles is 1. The van der Waals surface area contributed by atoms with E-state index in [0.717, 1.165) is 25.1 Å². The Kier molecular flexibility index (Phi) is 7.08. The van der Waals surface area contributed by atoms with Gasteiger partial charge in [0.25, 0.3) is 5.91 Å². The van der Waals surface area contributed by atoms with E-state index < -0.39 is 23.1 Å². The second kappa shape index (κ2) is 10.1. The van der Waals surface area contributed by atoms with Gasteiger partial charge in [0.1, 0.15) is 0 Å². The standard InChI is InChI=1S/C25H25F3N6O2/c1-3-36-19-8-10-24(15-29,11-9-19)21-6-5-18(13-30-21)33-23(35)20-14-32-34(16(20)2)22-7-4-17(12-31-22)25(26,27)28/h4-7,12-14,19H,3,8-11H2,1-2H3,(H,33,35). The summed E-state index contributed by atoms with van der Waals surface area (Å²) in [6.45, 7) is 4.23. The Balaban J connectivity index is 1.45. The van der Waals surface area contributed by atoms with Crippen LogP contribution in [-0.4, -0.2) is 38.4 Å². The highest BCUT2D eigenvalue weighted by Gasteiger charge is 2.38. The van der Waals surface area contributed by atoms with Crippen molar-refractivity contribution in [1.29, 1.82) is 5.26 Å². The van der Waals surface area contributed by atoms with Crippen LogP contribution in [0.1, 0.15) is 59.9 Å². The molecule has 3 aromatic heterocycles. The fourth-order valence-corrected chi connectivity index (χ4v) is 4.40. The lowest BCUT2D eigenvalue weighted by atomic mass is 9.72. The lowest BCUT2D eigenvalue weighted by molar-refractivity contribution is -0.137. The zero-order chi connectivity index (χ0) is 25.9. The summed E-state index contributed by atoms with van der Waals surface area (Å²) in [5, 5.41) is 16.7. The number of alkyl halides is 3. The fraction of sp³-hybridized carbons (Fsp3) is 0.400. The Morgan fingerprint density at radius 2 is 1.94 bits per heavy atom. The lowest BCUT2D eigenvalue weighted by Gasteiger charge is -2.34. The number of rotatable bonds is 6. The largest absolute Gasteiger partial charge is 0.417 e. The van der Waals surface area contributed by atoms with Crippen molar-refractivity contribution in [2.45, 2.75) is 57.2 Å². The van der Waals surface area contributed by atoms with Crippen molar-refractivity contribution in [2.24, 2.45) is 0 Å². The van der Waals surface area contributed by atoms with Gasteiger partial charge < -0.3 is 10.1 Å². The van der Waals surface area contributed by atoms with Crippen LogP contribution in [0.5, 0.6) is 0 Å². The number of carbonyl (C=O) groups excluding carboxylic acids is 1. The summed E-state index contributed by atoms with van der Waals surface area (Å²) in [4.78, 5) is 21.1. The predicted molar refractivity (Wildman–Crippen MR) is 124 cm³/mol. The van der Waals surface area contributed by atoms with E-state index in [2.05, 4.69) is 26.5 Å². The Bertz CT molecular complexity index is 1250. The number of aromatic nitrogens is 4. The minimum atomic E-state index is -4.49. The van der Waals surface area contributed by atoms with Crippen LogP contribution < -0.4 is 5.32 Å². The van der Waals surface area contributed by atoms with Crippen LogP contribution in [0.25, 0.3) is 5.82 Å². The van der Waals surface area contributed by atoms with Gasteiger partial charge in [-0.3, -0.25) is 9.78 Å². The number of hydrogen-bond acceptors (Lipinski definition) is 6. The van der Waals surface area contributed by atoms with Gasteiger partial charge in [-0.05, 0) is 63.8 Å². The smallest absolute Gasteiger partial charge is 0.379 e. The summed E-state index contributed by atoms with van der Waals surface area (Å²) in [7, 11) is 0. The third-order valence-electron chi connectivity index (χ3n) is 6.46. The Hall–Kier alpha value is -3.78. The van der Waals surface area contributed by atoms with Crippen LogP contribution in [0.4, 0.5) is 18.9 Å². The molecular weight excluding hydrogens is 473 g/mol. The molecule has 0 unspecified atom stereocenters. The number of nitrogens with zero attached hydrogens (tertiary/aromatic N) is 5. The van der Waals surface area contributed by atoms with E-state index in [9.17, 15) is 23.2 Å². The second-order valence-corrected chi connectivity index (χ2v) is 8.69. The van der Waals surface area contributed by atoms with Crippen LogP contribution in [0, 0.1) is 18.3 Å². The van der Waals surface area contributed by atoms with Gasteiger partial charge in [0, 0.05) is 12.8 Å². The van der Waals surface area contributed by atoms with Gasteiger partial charge in [-0.2, -0.15) is 23.5 Å². The highest BCUT2D eigenvalue weighted by molar-refractivity contribution is 6.04. The first-order valence-corrected chi connectivity index (χ1v) is 11.6. The molecular formula is C25H25F3N6O2. The Morgan fingerprint density at radius 3 is 2.50 bits per heavy atom. The molecule has 0 bridgehead atoms. The molecule has 1 saturated carbocycles. The zero-order valence-electron chi connectivity index (χ0n) is 19.8. The van der Waals surface area contributed by atoms with Gasteiger partial charge in [-0.25, -0.2) is 9.67 Å². The highest BCUT2D eigenvalue weighted by atomic mass is 19.4. The minimum Gasteiger partial charge on any atom is -0.379 e. The van der Waals surface area contributed by atoms with Crippen molar-refractivity contribution in [3.8, 4) is 11.9 Å². The van der Waals surface area contributed by atoms with Gasteiger partial charge in [0.15, 0.2) is 5.82 Å². The maximum Gasteiger partial charge on any atom is 0.417 e. The second-order valence-electron chi connectivity index (χ2n) is 8.69. The van der Waals surface area contributed by atoms with Crippen molar-refractivity contribution in [3.05, 3.63) is 65.4 Å². The SMILES string of the molecule is CCOC1CCC(C#N)(c2ccc(NC(=O)c3cnn(-c4ccc(C(F)(F)F)cn4)c3C)cn2)CC1. The van der Waals surface area contributed by atoms with Crippen LogP contribution in [0.2, 0.25) is 0 Å². The molecule has 1 aliphatic rings. The molecule has 0 spiro atoms. The predicted octanol–water partition coefficient (Wildman–Crippen LogP) is 4.98. The van der Waals surface area contributed by atoms with Gasteiger partial charge in [0.05, 0.1) is 58.2 Å². The first-order chi connectivity index (χ1) is 17.2. The van der Waals surface area contributed by atoms with Gasteiger partial charge in [0.2, 0.25) is 0 Å². The molecule has 3 heterocycles. The van der Waals surface area contributed by atoms with E-state index in [4.69, 9.17) is 4.74 Å². The van der Waals surface area contributed by atoms with E-state index in [1.807, 2.05) is 6.92 Å². The van der Waals surface area contributed by atoms with Crippen molar-refractivity contribution >= 4 is 11.6 Å². The maximum absolute atomic E-state index is 12.8. The Labute approximate surface area is 206 Å². The monoisotopic (exact) mass is 498 g/mol. The third kappa shape index (κ3) is 5.09. The van der Waals surface area contributed by atoms with Crippen LogP contribution >= 0.6 is 0 Å². The van der Waals surface area contributed by atoms with Crippen LogP contribution in [-0.2, 0) is 16.3 Å². The number of amides is 1. The number of nitrogens with one attached hydrogen (secondary N) is 1. The molecule has 188 valence electrons. The molecule has 8 nitrogen and oxygen atoms in total. The number of halogens is 3. The summed E-state index contributed by atoms with van der Waals surface area (Å²) in [6, 6.07) is 7.99. The summed E-state index contributed by atoms with van der Waals surface area (Å²) < 4.78 is 45.4. The number of pyridine rings is 2. The molecule has 4 rings (SSSR count). The molecule has 0 atom stereocenters. The van der Waals surface area contributed by atoms with Crippen molar-refractivity contribution in [1.82, 2.24) is 19.7 Å². The zero-order valence-corrected chi connectivity index (χ0v) is 19.8. The van der Waals surface area contributed by atoms with E-state index in [1.165, 1.54) is 23.1 Å². The molecule has 0 saturated heterocycles. The molecule has 36 heavy (non-hydrogen) atoms. The van der Waals surface area contributed by atoms with E-state index >= 15 is 0 Å². The number of ether oxygens (including phenoxy) is 1. The third-order valence-corrected chi connectivity index (χ3v) is 6.46. The normalized spacial score (nSPS) is 20.1. The summed E-state index contributed by atoms with van der Waals surface area (Å²) in [5.41, 5.74) is 0.213. The summed E-state index contributed by atoms with van der Waals surface area (Å²) in [5.74, 6) is -0.293. The first kappa shape index (κ1) is 25.3. The van der Waals surface area contributed by atoms with Crippen LogP contribution in [0.15, 0.2) is 42.9 Å². The molecule has 1 N–H and O–H groups in total. The average molecular weight is 499 g/mol. The van der Waals surface area contributed by atoms with Gasteiger partial charge in [-0.15, -0.1) is 0 Å². The van der Waals surface area contributed by atoms with Crippen molar-refractivity contribution in [3.63, 3.8) is 0 Å². The van der Waals surface area contributed by atoms with E-state index in [0.29, 0.717) is 36.5 Å². The minimum absolute atomic E-state index is 0.159. The lowest BCUT2D eigenvalue weighted by Crippen LogP contribution is -2.34. The van der Waals surface area contributed by atoms with Gasteiger partial charge >= 0.3 is 6.18 Å². The number of carbonyl (C=O) groups is 1. The first-order valence-electron chi connectivity index (χ1n) is 11.6. The quantitative estimate of drug-likeness (QED) is 0.514. The summed E-state index contributed by atoms with van der Waals surface area (Å²) in [6.07, 6.45) is 2.13. The number of hydrogen-bond donors (Lipinski definition) is 1. The molecule has 0 aromatic carbocycles. The van der Waals surface area contributed by atoms with Gasteiger partial charge in [-0.1, -0.05) is 0 Å². The van der Waals surface area contributed by atoms with E-state index in [1.54, 1.807) is 19.1 Å². The number of anilines is 1. The molecule has 0 aliphatic heterocycles. The Morgan fingerprint density at radius 1 is 1.19 bits per heavy atom.